The minimum absolute atomic E-state index is 0.000408. The molecular weight excluding hydrogens is 272 g/mol. The molecule has 1 heterocycles. The molecule has 2 aromatic rings. The minimum Gasteiger partial charge on any atom is -0.466 e. The third kappa shape index (κ3) is 3.14. The van der Waals surface area contributed by atoms with E-state index in [-0.39, 0.29) is 23.6 Å². The Morgan fingerprint density at radius 3 is 2.68 bits per heavy atom. The Morgan fingerprint density at radius 2 is 2.05 bits per heavy atom. The smallest absolute Gasteiger partial charge is 0.311 e. The van der Waals surface area contributed by atoms with Crippen molar-refractivity contribution in [3.05, 3.63) is 40.9 Å². The largest absolute Gasteiger partial charge is 0.466 e. The van der Waals surface area contributed by atoms with Gasteiger partial charge in [0.15, 0.2) is 0 Å². The Balaban J connectivity index is 2.24. The van der Waals surface area contributed by atoms with Gasteiger partial charge in [0, 0.05) is 5.38 Å². The first-order valence-corrected chi connectivity index (χ1v) is 6.54. The summed E-state index contributed by atoms with van der Waals surface area (Å²) in [4.78, 5) is 15.3. The molecule has 0 aliphatic carbocycles. The zero-order valence-corrected chi connectivity index (χ0v) is 11.0. The fourth-order valence-corrected chi connectivity index (χ4v) is 2.43. The Bertz CT molecular complexity index is 578. The van der Waals surface area contributed by atoms with Gasteiger partial charge >= 0.3 is 5.97 Å². The van der Waals surface area contributed by atoms with Crippen molar-refractivity contribution >= 4 is 17.3 Å². The second kappa shape index (κ2) is 5.88. The zero-order valence-electron chi connectivity index (χ0n) is 10.2. The molecule has 19 heavy (non-hydrogen) atoms. The number of hydrogen-bond acceptors (Lipinski definition) is 4. The predicted octanol–water partition coefficient (Wildman–Crippen LogP) is 3.19. The number of carbonyl (C=O) groups is 1. The Kier molecular flexibility index (Phi) is 4.21. The minimum atomic E-state index is -0.669. The lowest BCUT2D eigenvalue weighted by Crippen LogP contribution is -2.07. The van der Waals surface area contributed by atoms with Crippen LogP contribution < -0.4 is 0 Å². The molecule has 2 rings (SSSR count). The monoisotopic (exact) mass is 283 g/mol. The average Bonchev–Trinajstić information content (AvgIpc) is 2.77. The number of rotatable bonds is 4. The standard InChI is InChI=1S/C13H11F2NO2S/c1-2-18-11(17)6-8-7-19-13(16-8)12-9(14)4-3-5-10(12)15/h3-5,7H,2,6H2,1H3. The van der Waals surface area contributed by atoms with E-state index in [4.69, 9.17) is 4.74 Å². The molecule has 0 radical (unpaired) electrons. The average molecular weight is 283 g/mol. The van der Waals surface area contributed by atoms with Gasteiger partial charge in [-0.05, 0) is 19.1 Å². The van der Waals surface area contributed by atoms with E-state index >= 15 is 0 Å². The number of halogens is 2. The fraction of sp³-hybridized carbons (Fsp3) is 0.231. The van der Waals surface area contributed by atoms with Crippen molar-refractivity contribution in [2.75, 3.05) is 6.61 Å². The zero-order chi connectivity index (χ0) is 13.8. The third-order valence-electron chi connectivity index (χ3n) is 2.36. The first-order valence-electron chi connectivity index (χ1n) is 5.66. The fourth-order valence-electron chi connectivity index (χ4n) is 1.57. The van der Waals surface area contributed by atoms with Crippen molar-refractivity contribution < 1.29 is 18.3 Å². The summed E-state index contributed by atoms with van der Waals surface area (Å²) in [6.45, 7) is 2.00. The molecule has 3 nitrogen and oxygen atoms in total. The molecule has 0 aliphatic heterocycles. The van der Waals surface area contributed by atoms with Gasteiger partial charge in [0.05, 0.1) is 24.3 Å². The molecular formula is C13H11F2NO2S. The van der Waals surface area contributed by atoms with Gasteiger partial charge in [-0.25, -0.2) is 13.8 Å². The second-order valence-electron chi connectivity index (χ2n) is 3.72. The molecule has 0 amide bonds. The lowest BCUT2D eigenvalue weighted by atomic mass is 10.2. The van der Waals surface area contributed by atoms with Crippen LogP contribution in [0.4, 0.5) is 8.78 Å². The SMILES string of the molecule is CCOC(=O)Cc1csc(-c2c(F)cccc2F)n1. The summed E-state index contributed by atoms with van der Waals surface area (Å²) in [6.07, 6.45) is 0.000408. The highest BCUT2D eigenvalue weighted by Gasteiger charge is 2.16. The van der Waals surface area contributed by atoms with Crippen LogP contribution in [-0.2, 0) is 16.0 Å². The molecule has 0 saturated heterocycles. The van der Waals surface area contributed by atoms with Gasteiger partial charge in [-0.3, -0.25) is 4.79 Å². The Hall–Kier alpha value is -1.82. The van der Waals surface area contributed by atoms with Crippen LogP contribution in [0.3, 0.4) is 0 Å². The number of ether oxygens (including phenoxy) is 1. The second-order valence-corrected chi connectivity index (χ2v) is 4.58. The molecule has 6 heteroatoms. The van der Waals surface area contributed by atoms with Crippen LogP contribution in [0.25, 0.3) is 10.6 Å². The number of thiazole rings is 1. The van der Waals surface area contributed by atoms with Gasteiger partial charge in [-0.2, -0.15) is 0 Å². The van der Waals surface area contributed by atoms with Crippen LogP contribution in [0.1, 0.15) is 12.6 Å². The molecule has 0 N–H and O–H groups in total. The van der Waals surface area contributed by atoms with Crippen LogP contribution in [0.5, 0.6) is 0 Å². The van der Waals surface area contributed by atoms with E-state index in [9.17, 15) is 13.6 Å². The van der Waals surface area contributed by atoms with Crippen molar-refractivity contribution in [3.63, 3.8) is 0 Å². The van der Waals surface area contributed by atoms with Crippen LogP contribution in [0.15, 0.2) is 23.6 Å². The highest BCUT2D eigenvalue weighted by molar-refractivity contribution is 7.13. The molecule has 0 unspecified atom stereocenters. The number of esters is 1. The summed E-state index contributed by atoms with van der Waals surface area (Å²) in [6, 6.07) is 3.64. The van der Waals surface area contributed by atoms with Crippen molar-refractivity contribution in [2.24, 2.45) is 0 Å². The summed E-state index contributed by atoms with van der Waals surface area (Å²) in [5.74, 6) is -1.75. The maximum atomic E-state index is 13.6. The molecule has 0 atom stereocenters. The van der Waals surface area contributed by atoms with E-state index in [0.29, 0.717) is 5.69 Å². The summed E-state index contributed by atoms with van der Waals surface area (Å²) in [7, 11) is 0. The van der Waals surface area contributed by atoms with E-state index in [1.807, 2.05) is 0 Å². The first-order chi connectivity index (χ1) is 9.11. The topological polar surface area (TPSA) is 39.2 Å². The van der Waals surface area contributed by atoms with E-state index in [0.717, 1.165) is 11.3 Å². The lowest BCUT2D eigenvalue weighted by Gasteiger charge is -2.00. The lowest BCUT2D eigenvalue weighted by molar-refractivity contribution is -0.142. The number of nitrogens with zero attached hydrogens (tertiary/aromatic N) is 1. The molecule has 100 valence electrons. The third-order valence-corrected chi connectivity index (χ3v) is 3.27. The maximum absolute atomic E-state index is 13.6. The number of benzene rings is 1. The predicted molar refractivity (Wildman–Crippen MR) is 67.8 cm³/mol. The van der Waals surface area contributed by atoms with Crippen LogP contribution in [0, 0.1) is 11.6 Å². The van der Waals surface area contributed by atoms with Crippen molar-refractivity contribution in [1.82, 2.24) is 4.98 Å². The van der Waals surface area contributed by atoms with Crippen LogP contribution in [-0.4, -0.2) is 17.6 Å². The van der Waals surface area contributed by atoms with Crippen molar-refractivity contribution in [3.8, 4) is 10.6 Å². The molecule has 0 saturated carbocycles. The summed E-state index contributed by atoms with van der Waals surface area (Å²) in [5, 5.41) is 1.81. The van der Waals surface area contributed by atoms with E-state index in [1.54, 1.807) is 12.3 Å². The Labute approximate surface area is 112 Å². The molecule has 1 aromatic heterocycles. The summed E-state index contributed by atoms with van der Waals surface area (Å²) >= 11 is 1.09. The van der Waals surface area contributed by atoms with Gasteiger partial charge in [0.2, 0.25) is 0 Å². The first kappa shape index (κ1) is 13.6. The molecule has 0 aliphatic rings. The van der Waals surface area contributed by atoms with Gasteiger partial charge < -0.3 is 4.74 Å². The highest BCUT2D eigenvalue weighted by atomic mass is 32.1. The maximum Gasteiger partial charge on any atom is 0.311 e. The normalized spacial score (nSPS) is 10.5. The van der Waals surface area contributed by atoms with Crippen LogP contribution in [0.2, 0.25) is 0 Å². The summed E-state index contributed by atoms with van der Waals surface area (Å²) < 4.78 is 31.9. The Morgan fingerprint density at radius 1 is 1.37 bits per heavy atom. The van der Waals surface area contributed by atoms with E-state index < -0.39 is 17.6 Å². The van der Waals surface area contributed by atoms with Crippen LogP contribution >= 0.6 is 11.3 Å². The van der Waals surface area contributed by atoms with E-state index in [1.165, 1.54) is 18.2 Å². The molecule has 0 spiro atoms. The highest BCUT2D eigenvalue weighted by Crippen LogP contribution is 2.28. The molecule has 1 aromatic carbocycles. The van der Waals surface area contributed by atoms with E-state index in [2.05, 4.69) is 4.98 Å². The quantitative estimate of drug-likeness (QED) is 0.809. The van der Waals surface area contributed by atoms with Gasteiger partial charge in [-0.1, -0.05) is 6.07 Å². The van der Waals surface area contributed by atoms with Gasteiger partial charge in [0.25, 0.3) is 0 Å². The summed E-state index contributed by atoms with van der Waals surface area (Å²) in [5.41, 5.74) is 0.281. The van der Waals surface area contributed by atoms with Crippen molar-refractivity contribution in [2.45, 2.75) is 13.3 Å². The number of aromatic nitrogens is 1. The van der Waals surface area contributed by atoms with Gasteiger partial charge in [0.1, 0.15) is 16.6 Å². The number of carbonyl (C=O) groups excluding carboxylic acids is 1. The molecule has 0 fully saturated rings. The number of hydrogen-bond donors (Lipinski definition) is 0. The van der Waals surface area contributed by atoms with Gasteiger partial charge in [-0.15, -0.1) is 11.3 Å². The molecule has 0 bridgehead atoms. The van der Waals surface area contributed by atoms with Crippen molar-refractivity contribution in [1.29, 1.82) is 0 Å².